The molecule has 2 aromatic carbocycles. The summed E-state index contributed by atoms with van der Waals surface area (Å²) >= 11 is 6.15. The van der Waals surface area contributed by atoms with Crippen LogP contribution in [0.2, 0.25) is 5.02 Å². The molecule has 0 spiro atoms. The number of halogens is 1. The van der Waals surface area contributed by atoms with Gasteiger partial charge in [0.2, 0.25) is 15.9 Å². The SMILES string of the molecule is O=C(CCc1ncc(-c2ccccc2)o1)Nc1ccc(Cl)c(S(=O)(=O)N2CCCC2)c1. The Labute approximate surface area is 186 Å². The van der Waals surface area contributed by atoms with E-state index >= 15 is 0 Å². The zero-order valence-electron chi connectivity index (χ0n) is 16.8. The van der Waals surface area contributed by atoms with E-state index in [2.05, 4.69) is 10.3 Å². The summed E-state index contributed by atoms with van der Waals surface area (Å²) in [5.41, 5.74) is 1.29. The molecule has 1 aliphatic heterocycles. The number of carbonyl (C=O) groups excluding carboxylic acids is 1. The molecule has 0 aliphatic carbocycles. The lowest BCUT2D eigenvalue weighted by atomic mass is 10.2. The summed E-state index contributed by atoms with van der Waals surface area (Å²) in [7, 11) is -3.68. The van der Waals surface area contributed by atoms with Gasteiger partial charge in [-0.25, -0.2) is 13.4 Å². The molecule has 1 aromatic heterocycles. The van der Waals surface area contributed by atoms with Gasteiger partial charge in [-0.3, -0.25) is 4.79 Å². The fraction of sp³-hybridized carbons (Fsp3) is 0.273. The summed E-state index contributed by atoms with van der Waals surface area (Å²) in [6.45, 7) is 0.965. The maximum Gasteiger partial charge on any atom is 0.244 e. The van der Waals surface area contributed by atoms with Crippen molar-refractivity contribution in [3.05, 3.63) is 65.6 Å². The molecule has 1 aliphatic rings. The Hall–Kier alpha value is -2.68. The number of sulfonamides is 1. The van der Waals surface area contributed by atoms with Crippen molar-refractivity contribution in [3.8, 4) is 11.3 Å². The predicted molar refractivity (Wildman–Crippen MR) is 118 cm³/mol. The van der Waals surface area contributed by atoms with Gasteiger partial charge in [0, 0.05) is 37.2 Å². The Morgan fingerprint density at radius 3 is 2.61 bits per heavy atom. The normalized spacial score (nSPS) is 14.6. The molecular weight excluding hydrogens is 438 g/mol. The summed E-state index contributed by atoms with van der Waals surface area (Å²) in [6, 6.07) is 14.1. The highest BCUT2D eigenvalue weighted by Gasteiger charge is 2.29. The zero-order chi connectivity index (χ0) is 21.8. The van der Waals surface area contributed by atoms with Gasteiger partial charge in [-0.05, 0) is 31.0 Å². The van der Waals surface area contributed by atoms with Crippen LogP contribution < -0.4 is 5.32 Å². The lowest BCUT2D eigenvalue weighted by molar-refractivity contribution is -0.116. The number of oxazole rings is 1. The second kappa shape index (κ2) is 9.21. The van der Waals surface area contributed by atoms with Gasteiger partial charge in [0.25, 0.3) is 0 Å². The Morgan fingerprint density at radius 2 is 1.87 bits per heavy atom. The molecule has 2 heterocycles. The Kier molecular flexibility index (Phi) is 6.41. The van der Waals surface area contributed by atoms with E-state index in [-0.39, 0.29) is 22.2 Å². The second-order valence-electron chi connectivity index (χ2n) is 7.29. The van der Waals surface area contributed by atoms with Crippen molar-refractivity contribution < 1.29 is 17.6 Å². The molecule has 1 fully saturated rings. The number of hydrogen-bond donors (Lipinski definition) is 1. The first-order valence-corrected chi connectivity index (χ1v) is 11.8. The largest absolute Gasteiger partial charge is 0.441 e. The van der Waals surface area contributed by atoms with Gasteiger partial charge in [0.1, 0.15) is 4.90 Å². The third kappa shape index (κ3) is 4.98. The fourth-order valence-electron chi connectivity index (χ4n) is 3.45. The second-order valence-corrected chi connectivity index (χ2v) is 9.60. The number of nitrogens with one attached hydrogen (secondary N) is 1. The summed E-state index contributed by atoms with van der Waals surface area (Å²) in [6.07, 6.45) is 3.77. The average Bonchev–Trinajstić information content (AvgIpc) is 3.47. The molecule has 1 N–H and O–H groups in total. The highest BCUT2D eigenvalue weighted by atomic mass is 35.5. The first-order chi connectivity index (χ1) is 14.9. The topological polar surface area (TPSA) is 92.5 Å². The molecule has 162 valence electrons. The number of hydrogen-bond acceptors (Lipinski definition) is 5. The summed E-state index contributed by atoms with van der Waals surface area (Å²) in [4.78, 5) is 16.6. The van der Waals surface area contributed by atoms with E-state index in [0.29, 0.717) is 36.8 Å². The van der Waals surface area contributed by atoms with Crippen LogP contribution in [0, 0.1) is 0 Å². The number of carbonyl (C=O) groups is 1. The van der Waals surface area contributed by atoms with Crippen molar-refractivity contribution in [2.75, 3.05) is 18.4 Å². The monoisotopic (exact) mass is 459 g/mol. The molecule has 0 unspecified atom stereocenters. The lowest BCUT2D eigenvalue weighted by Gasteiger charge is -2.17. The van der Waals surface area contributed by atoms with Gasteiger partial charge in [-0.2, -0.15) is 4.31 Å². The lowest BCUT2D eigenvalue weighted by Crippen LogP contribution is -2.28. The van der Waals surface area contributed by atoms with Crippen molar-refractivity contribution in [2.24, 2.45) is 0 Å². The van der Waals surface area contributed by atoms with Crippen LogP contribution in [-0.2, 0) is 21.2 Å². The molecule has 1 amide bonds. The molecule has 0 radical (unpaired) electrons. The van der Waals surface area contributed by atoms with Gasteiger partial charge >= 0.3 is 0 Å². The van der Waals surface area contributed by atoms with E-state index in [1.165, 1.54) is 16.4 Å². The van der Waals surface area contributed by atoms with Gasteiger partial charge in [-0.15, -0.1) is 0 Å². The van der Waals surface area contributed by atoms with E-state index in [1.54, 1.807) is 12.3 Å². The molecule has 0 atom stereocenters. The first kappa shape index (κ1) is 21.5. The maximum absolute atomic E-state index is 12.8. The van der Waals surface area contributed by atoms with Gasteiger partial charge in [0.15, 0.2) is 11.7 Å². The average molecular weight is 460 g/mol. The van der Waals surface area contributed by atoms with Crippen molar-refractivity contribution in [3.63, 3.8) is 0 Å². The molecule has 0 bridgehead atoms. The minimum atomic E-state index is -3.68. The van der Waals surface area contributed by atoms with Crippen molar-refractivity contribution in [2.45, 2.75) is 30.6 Å². The van der Waals surface area contributed by atoms with Crippen LogP contribution in [0.25, 0.3) is 11.3 Å². The van der Waals surface area contributed by atoms with E-state index in [4.69, 9.17) is 16.0 Å². The van der Waals surface area contributed by atoms with Crippen LogP contribution in [-0.4, -0.2) is 36.7 Å². The van der Waals surface area contributed by atoms with Crippen LogP contribution in [0.15, 0.2) is 64.0 Å². The zero-order valence-corrected chi connectivity index (χ0v) is 18.3. The van der Waals surface area contributed by atoms with E-state index in [9.17, 15) is 13.2 Å². The number of aromatic nitrogens is 1. The van der Waals surface area contributed by atoms with Gasteiger partial charge in [0.05, 0.1) is 11.2 Å². The minimum Gasteiger partial charge on any atom is -0.441 e. The van der Waals surface area contributed by atoms with Crippen LogP contribution in [0.4, 0.5) is 5.69 Å². The van der Waals surface area contributed by atoms with Crippen molar-refractivity contribution in [1.82, 2.24) is 9.29 Å². The number of benzene rings is 2. The number of rotatable bonds is 7. The van der Waals surface area contributed by atoms with Crippen LogP contribution in [0.1, 0.15) is 25.2 Å². The number of nitrogens with zero attached hydrogens (tertiary/aromatic N) is 2. The molecule has 31 heavy (non-hydrogen) atoms. The third-order valence-electron chi connectivity index (χ3n) is 5.08. The Bertz CT molecular complexity index is 1170. The smallest absolute Gasteiger partial charge is 0.244 e. The molecule has 7 nitrogen and oxygen atoms in total. The van der Waals surface area contributed by atoms with Gasteiger partial charge < -0.3 is 9.73 Å². The summed E-state index contributed by atoms with van der Waals surface area (Å²) < 4.78 is 32.8. The minimum absolute atomic E-state index is 0.00840. The Balaban J connectivity index is 1.39. The molecule has 9 heteroatoms. The van der Waals surface area contributed by atoms with Gasteiger partial charge in [-0.1, -0.05) is 41.9 Å². The van der Waals surface area contributed by atoms with Crippen LogP contribution >= 0.6 is 11.6 Å². The number of anilines is 1. The third-order valence-corrected chi connectivity index (χ3v) is 7.46. The Morgan fingerprint density at radius 1 is 1.13 bits per heavy atom. The van der Waals surface area contributed by atoms with Crippen molar-refractivity contribution >= 4 is 33.2 Å². The maximum atomic E-state index is 12.8. The van der Waals surface area contributed by atoms with Crippen LogP contribution in [0.3, 0.4) is 0 Å². The summed E-state index contributed by atoms with van der Waals surface area (Å²) in [5, 5.41) is 2.87. The predicted octanol–water partition coefficient (Wildman–Crippen LogP) is 4.35. The molecular formula is C22H22ClN3O4S. The first-order valence-electron chi connectivity index (χ1n) is 10.0. The van der Waals surface area contributed by atoms with E-state index in [0.717, 1.165) is 18.4 Å². The fourth-order valence-corrected chi connectivity index (χ4v) is 5.47. The quantitative estimate of drug-likeness (QED) is 0.567. The van der Waals surface area contributed by atoms with Crippen molar-refractivity contribution in [1.29, 1.82) is 0 Å². The molecule has 0 saturated carbocycles. The molecule has 3 aromatic rings. The number of amides is 1. The van der Waals surface area contributed by atoms with Crippen LogP contribution in [0.5, 0.6) is 0 Å². The number of aryl methyl sites for hydroxylation is 1. The highest BCUT2D eigenvalue weighted by Crippen LogP contribution is 2.29. The molecule has 4 rings (SSSR count). The molecule has 1 saturated heterocycles. The van der Waals surface area contributed by atoms with E-state index in [1.807, 2.05) is 30.3 Å². The highest BCUT2D eigenvalue weighted by molar-refractivity contribution is 7.89. The van der Waals surface area contributed by atoms with E-state index < -0.39 is 10.0 Å². The summed E-state index contributed by atoms with van der Waals surface area (Å²) in [5.74, 6) is 0.833. The standard InChI is InChI=1S/C22H22ClN3O4S/c23-18-9-8-17(14-20(18)31(28,29)26-12-4-5-13-26)25-21(27)10-11-22-24-15-19(30-22)16-6-2-1-3-7-16/h1-3,6-9,14-15H,4-5,10-13H2,(H,25,27).